The van der Waals surface area contributed by atoms with Gasteiger partial charge in [-0.2, -0.15) is 0 Å². The summed E-state index contributed by atoms with van der Waals surface area (Å²) in [6.45, 7) is 0.307. The molecule has 3 N–H and O–H groups in total. The van der Waals surface area contributed by atoms with E-state index in [0.29, 0.717) is 0 Å². The molecule has 0 amide bonds. The summed E-state index contributed by atoms with van der Waals surface area (Å²) in [7, 11) is -3.81. The number of nitrogens with zero attached hydrogens (tertiary/aromatic N) is 1. The van der Waals surface area contributed by atoms with Crippen LogP contribution < -0.4 is 10.5 Å². The standard InChI is InChI=1S/C13H12FN3O2S2/c14-11-6-12(8-16-7-11)21(18,19)17-9-13-10(2-1-4-15)3-5-20-13/h3,5-8,17H,4,9,15H2. The van der Waals surface area contributed by atoms with E-state index in [0.717, 1.165) is 28.9 Å². The maximum absolute atomic E-state index is 13.0. The second-order valence-corrected chi connectivity index (χ2v) is 6.69. The molecule has 2 aromatic rings. The molecule has 110 valence electrons. The van der Waals surface area contributed by atoms with Gasteiger partial charge in [0.2, 0.25) is 10.0 Å². The number of sulfonamides is 1. The van der Waals surface area contributed by atoms with Gasteiger partial charge in [0.05, 0.1) is 12.7 Å². The van der Waals surface area contributed by atoms with Crippen LogP contribution in [0.15, 0.2) is 34.8 Å². The molecule has 0 radical (unpaired) electrons. The fourth-order valence-corrected chi connectivity index (χ4v) is 3.35. The number of thiophene rings is 1. The van der Waals surface area contributed by atoms with Gasteiger partial charge in [-0.1, -0.05) is 11.8 Å². The van der Waals surface area contributed by atoms with Gasteiger partial charge in [0.1, 0.15) is 10.7 Å². The van der Waals surface area contributed by atoms with E-state index in [-0.39, 0.29) is 18.0 Å². The molecule has 8 heteroatoms. The number of aromatic nitrogens is 1. The second kappa shape index (κ2) is 6.78. The third kappa shape index (κ3) is 4.09. The van der Waals surface area contributed by atoms with E-state index in [1.165, 1.54) is 11.3 Å². The van der Waals surface area contributed by atoms with Gasteiger partial charge >= 0.3 is 0 Å². The number of pyridine rings is 1. The van der Waals surface area contributed by atoms with Gasteiger partial charge < -0.3 is 5.73 Å². The van der Waals surface area contributed by atoms with Gasteiger partial charge in [-0.25, -0.2) is 17.5 Å². The molecular formula is C13H12FN3O2S2. The van der Waals surface area contributed by atoms with E-state index in [2.05, 4.69) is 21.5 Å². The van der Waals surface area contributed by atoms with Gasteiger partial charge in [-0.15, -0.1) is 11.3 Å². The van der Waals surface area contributed by atoms with E-state index in [4.69, 9.17) is 5.73 Å². The van der Waals surface area contributed by atoms with Gasteiger partial charge in [0, 0.05) is 23.2 Å². The zero-order valence-electron chi connectivity index (χ0n) is 10.8. The normalized spacial score (nSPS) is 11.0. The van der Waals surface area contributed by atoms with E-state index >= 15 is 0 Å². The van der Waals surface area contributed by atoms with Crippen LogP contribution in [0.2, 0.25) is 0 Å². The Morgan fingerprint density at radius 3 is 2.95 bits per heavy atom. The number of halogens is 1. The number of hydrogen-bond donors (Lipinski definition) is 2. The Morgan fingerprint density at radius 2 is 2.24 bits per heavy atom. The maximum atomic E-state index is 13.0. The molecule has 21 heavy (non-hydrogen) atoms. The van der Waals surface area contributed by atoms with Crippen molar-refractivity contribution in [3.8, 4) is 11.8 Å². The fraction of sp³-hybridized carbons (Fsp3) is 0.154. The Balaban J connectivity index is 2.14. The van der Waals surface area contributed by atoms with Crippen molar-refractivity contribution in [3.63, 3.8) is 0 Å². The van der Waals surface area contributed by atoms with Crippen LogP contribution in [-0.4, -0.2) is 19.9 Å². The quantitative estimate of drug-likeness (QED) is 0.824. The third-order valence-corrected chi connectivity index (χ3v) is 4.77. The molecule has 2 heterocycles. The minimum Gasteiger partial charge on any atom is -0.320 e. The summed E-state index contributed by atoms with van der Waals surface area (Å²) in [5.74, 6) is 4.88. The van der Waals surface area contributed by atoms with Crippen molar-refractivity contribution < 1.29 is 12.8 Å². The predicted octanol–water partition coefficient (Wildman–Crippen LogP) is 1.07. The Bertz CT molecular complexity index is 791. The SMILES string of the molecule is NCC#Cc1ccsc1CNS(=O)(=O)c1cncc(F)c1. The largest absolute Gasteiger partial charge is 0.320 e. The lowest BCUT2D eigenvalue weighted by molar-refractivity contribution is 0.576. The van der Waals surface area contributed by atoms with Crippen molar-refractivity contribution in [1.82, 2.24) is 9.71 Å². The molecule has 0 unspecified atom stereocenters. The second-order valence-electron chi connectivity index (χ2n) is 3.93. The van der Waals surface area contributed by atoms with E-state index in [9.17, 15) is 12.8 Å². The van der Waals surface area contributed by atoms with Crippen LogP contribution in [0.25, 0.3) is 0 Å². The van der Waals surface area contributed by atoms with Crippen LogP contribution in [0.1, 0.15) is 10.4 Å². The van der Waals surface area contributed by atoms with Crippen molar-refractivity contribution in [2.24, 2.45) is 5.73 Å². The lowest BCUT2D eigenvalue weighted by Gasteiger charge is -2.05. The summed E-state index contributed by atoms with van der Waals surface area (Å²) >= 11 is 1.38. The van der Waals surface area contributed by atoms with E-state index < -0.39 is 15.8 Å². The zero-order valence-corrected chi connectivity index (χ0v) is 12.5. The van der Waals surface area contributed by atoms with Gasteiger partial charge in [-0.05, 0) is 17.5 Å². The molecule has 2 aromatic heterocycles. The van der Waals surface area contributed by atoms with Crippen LogP contribution in [0.5, 0.6) is 0 Å². The average Bonchev–Trinajstić information content (AvgIpc) is 2.90. The van der Waals surface area contributed by atoms with E-state index in [1.807, 2.05) is 5.38 Å². The minimum absolute atomic E-state index is 0.0745. The first kappa shape index (κ1) is 15.6. The highest BCUT2D eigenvalue weighted by atomic mass is 32.2. The molecule has 5 nitrogen and oxygen atoms in total. The molecule has 0 aromatic carbocycles. The molecule has 0 spiro atoms. The third-order valence-electron chi connectivity index (χ3n) is 2.48. The monoisotopic (exact) mass is 325 g/mol. The highest BCUT2D eigenvalue weighted by molar-refractivity contribution is 7.89. The average molecular weight is 325 g/mol. The molecule has 0 saturated carbocycles. The van der Waals surface area contributed by atoms with Crippen molar-refractivity contribution >= 4 is 21.4 Å². The molecule has 0 aliphatic heterocycles. The highest BCUT2D eigenvalue weighted by Gasteiger charge is 2.16. The van der Waals surface area contributed by atoms with Gasteiger partial charge in [0.25, 0.3) is 0 Å². The van der Waals surface area contributed by atoms with Crippen LogP contribution >= 0.6 is 11.3 Å². The summed E-state index contributed by atoms with van der Waals surface area (Å²) < 4.78 is 39.5. The molecule has 0 aliphatic rings. The number of nitrogens with two attached hydrogens (primary N) is 1. The summed E-state index contributed by atoms with van der Waals surface area (Å²) in [5, 5.41) is 1.81. The lowest BCUT2D eigenvalue weighted by atomic mass is 10.2. The molecular weight excluding hydrogens is 313 g/mol. The first-order valence-corrected chi connectivity index (χ1v) is 8.25. The predicted molar refractivity (Wildman–Crippen MR) is 78.5 cm³/mol. The Hall–Kier alpha value is -1.79. The first-order valence-electron chi connectivity index (χ1n) is 5.88. The Labute approximate surface area is 126 Å². The summed E-state index contributed by atoms with van der Waals surface area (Å²) in [6.07, 6.45) is 2.04. The fourth-order valence-electron chi connectivity index (χ4n) is 1.52. The Morgan fingerprint density at radius 1 is 1.43 bits per heavy atom. The summed E-state index contributed by atoms with van der Waals surface area (Å²) in [6, 6.07) is 2.71. The molecule has 0 saturated heterocycles. The smallest absolute Gasteiger partial charge is 0.242 e. The lowest BCUT2D eigenvalue weighted by Crippen LogP contribution is -2.23. The van der Waals surface area contributed by atoms with E-state index in [1.54, 1.807) is 6.07 Å². The van der Waals surface area contributed by atoms with Crippen LogP contribution in [0, 0.1) is 17.7 Å². The number of hydrogen-bond acceptors (Lipinski definition) is 5. The molecule has 0 atom stereocenters. The molecule has 0 aliphatic carbocycles. The van der Waals surface area contributed by atoms with Crippen LogP contribution in [0.4, 0.5) is 4.39 Å². The van der Waals surface area contributed by atoms with Crippen molar-refractivity contribution in [3.05, 3.63) is 46.2 Å². The molecule has 2 rings (SSSR count). The first-order chi connectivity index (χ1) is 10.0. The molecule has 0 fully saturated rings. The van der Waals surface area contributed by atoms with Gasteiger partial charge in [0.15, 0.2) is 0 Å². The van der Waals surface area contributed by atoms with Crippen molar-refractivity contribution in [2.75, 3.05) is 6.54 Å². The number of nitrogens with one attached hydrogen (secondary N) is 1. The van der Waals surface area contributed by atoms with Crippen LogP contribution in [-0.2, 0) is 16.6 Å². The van der Waals surface area contributed by atoms with Gasteiger partial charge in [-0.3, -0.25) is 4.98 Å². The summed E-state index contributed by atoms with van der Waals surface area (Å²) in [5.41, 5.74) is 6.03. The van der Waals surface area contributed by atoms with Crippen molar-refractivity contribution in [1.29, 1.82) is 0 Å². The van der Waals surface area contributed by atoms with Crippen molar-refractivity contribution in [2.45, 2.75) is 11.4 Å². The molecule has 0 bridgehead atoms. The summed E-state index contributed by atoms with van der Waals surface area (Å²) in [4.78, 5) is 4.08. The number of rotatable bonds is 4. The topological polar surface area (TPSA) is 85.1 Å². The highest BCUT2D eigenvalue weighted by Crippen LogP contribution is 2.17. The maximum Gasteiger partial charge on any atom is 0.242 e. The Kier molecular flexibility index (Phi) is 5.03. The zero-order chi connectivity index (χ0) is 15.3. The van der Waals surface area contributed by atoms with Crippen LogP contribution in [0.3, 0.4) is 0 Å². The minimum atomic E-state index is -3.81.